The van der Waals surface area contributed by atoms with Crippen LogP contribution in [0.2, 0.25) is 0 Å². The van der Waals surface area contributed by atoms with Crippen molar-refractivity contribution in [2.24, 2.45) is 7.05 Å². The molecule has 0 spiro atoms. The number of aryl methyl sites for hydroxylation is 1. The summed E-state index contributed by atoms with van der Waals surface area (Å²) in [6.45, 7) is 2.49. The van der Waals surface area contributed by atoms with E-state index in [0.717, 1.165) is 17.5 Å². The molecule has 0 aliphatic carbocycles. The quantitative estimate of drug-likeness (QED) is 0.254. The maximum absolute atomic E-state index is 11.9. The number of aromatic nitrogens is 2. The summed E-state index contributed by atoms with van der Waals surface area (Å²) in [4.78, 5) is 25.6. The zero-order valence-electron chi connectivity index (χ0n) is 20.1. The molecule has 0 bridgehead atoms. The van der Waals surface area contributed by atoms with E-state index in [1.165, 1.54) is 16.7 Å². The lowest BCUT2D eigenvalue weighted by molar-refractivity contribution is 0.0697. The number of nitrogens with zero attached hydrogens (tertiary/aromatic N) is 1. The number of hydrogen-bond acceptors (Lipinski definition) is 6. The van der Waals surface area contributed by atoms with E-state index >= 15 is 0 Å². The fourth-order valence-electron chi connectivity index (χ4n) is 3.85. The van der Waals surface area contributed by atoms with Gasteiger partial charge in [-0.1, -0.05) is 18.2 Å². The molecule has 9 nitrogen and oxygen atoms in total. The minimum absolute atomic E-state index is 0.0925. The summed E-state index contributed by atoms with van der Waals surface area (Å²) in [6.07, 6.45) is 0.0348. The van der Waals surface area contributed by atoms with Gasteiger partial charge in [-0.25, -0.2) is 9.59 Å². The summed E-state index contributed by atoms with van der Waals surface area (Å²) in [6, 6.07) is 19.4. The number of ether oxygens (including phenoxy) is 2. The number of carboxylic acids is 1. The zero-order valence-corrected chi connectivity index (χ0v) is 20.1. The average molecular weight is 492 g/mol. The van der Waals surface area contributed by atoms with Crippen molar-refractivity contribution in [2.75, 3.05) is 13.2 Å². The van der Waals surface area contributed by atoms with Gasteiger partial charge in [0.25, 0.3) is 0 Å². The molecule has 4 N–H and O–H groups in total. The Morgan fingerprint density at radius 3 is 2.39 bits per heavy atom. The number of aromatic carboxylic acids is 1. The number of H-pyrrole nitrogens is 1. The van der Waals surface area contributed by atoms with Crippen LogP contribution in [0.15, 0.2) is 71.5 Å². The van der Waals surface area contributed by atoms with Crippen LogP contribution in [0.1, 0.15) is 22.8 Å². The highest BCUT2D eigenvalue weighted by Crippen LogP contribution is 2.23. The fourth-order valence-corrected chi connectivity index (χ4v) is 3.85. The number of imidazole rings is 1. The molecule has 0 saturated carbocycles. The van der Waals surface area contributed by atoms with E-state index in [9.17, 15) is 14.7 Å². The molecule has 1 aromatic heterocycles. The number of hydrogen-bond donors (Lipinski definition) is 4. The number of aliphatic hydroxyl groups is 1. The second-order valence-corrected chi connectivity index (χ2v) is 8.69. The fraction of sp³-hybridized carbons (Fsp3) is 0.259. The van der Waals surface area contributed by atoms with E-state index < -0.39 is 12.1 Å². The van der Waals surface area contributed by atoms with Gasteiger partial charge in [-0.2, -0.15) is 0 Å². The van der Waals surface area contributed by atoms with Crippen LogP contribution in [0.3, 0.4) is 0 Å². The van der Waals surface area contributed by atoms with E-state index in [0.29, 0.717) is 29.3 Å². The van der Waals surface area contributed by atoms with Crippen molar-refractivity contribution in [3.05, 3.63) is 88.3 Å². The lowest BCUT2D eigenvalue weighted by atomic mass is 10.1. The zero-order chi connectivity index (χ0) is 25.7. The van der Waals surface area contributed by atoms with Crippen molar-refractivity contribution in [3.63, 3.8) is 0 Å². The van der Waals surface area contributed by atoms with Crippen molar-refractivity contribution in [1.82, 2.24) is 14.9 Å². The van der Waals surface area contributed by atoms with Gasteiger partial charge in [0.2, 0.25) is 0 Å². The monoisotopic (exact) mass is 491 g/mol. The molecule has 9 heteroatoms. The van der Waals surface area contributed by atoms with Crippen LogP contribution in [-0.2, 0) is 13.5 Å². The van der Waals surface area contributed by atoms with E-state index in [2.05, 4.69) is 10.3 Å². The molecule has 0 aliphatic heterocycles. The number of aliphatic hydroxyl groups excluding tert-OH is 1. The number of benzene rings is 3. The van der Waals surface area contributed by atoms with Gasteiger partial charge in [0.05, 0.1) is 11.1 Å². The highest BCUT2D eigenvalue weighted by Gasteiger charge is 2.12. The van der Waals surface area contributed by atoms with Crippen LogP contribution in [0.4, 0.5) is 0 Å². The smallest absolute Gasteiger partial charge is 0.335 e. The Morgan fingerprint density at radius 2 is 1.72 bits per heavy atom. The number of rotatable bonds is 11. The van der Waals surface area contributed by atoms with Crippen LogP contribution >= 0.6 is 0 Å². The Labute approximate surface area is 207 Å². The van der Waals surface area contributed by atoms with Crippen LogP contribution in [0.25, 0.3) is 11.0 Å². The normalized spacial score (nSPS) is 12.9. The Hall–Kier alpha value is -4.08. The molecular weight excluding hydrogens is 462 g/mol. The molecule has 188 valence electrons. The van der Waals surface area contributed by atoms with Crippen molar-refractivity contribution >= 4 is 17.0 Å². The maximum Gasteiger partial charge on any atom is 0.335 e. The Morgan fingerprint density at radius 1 is 1.06 bits per heavy atom. The number of aromatic amines is 1. The predicted molar refractivity (Wildman–Crippen MR) is 136 cm³/mol. The Bertz CT molecular complexity index is 1380. The van der Waals surface area contributed by atoms with Gasteiger partial charge >= 0.3 is 11.7 Å². The molecule has 36 heavy (non-hydrogen) atoms. The lowest BCUT2D eigenvalue weighted by Crippen LogP contribution is -2.37. The second kappa shape index (κ2) is 11.1. The van der Waals surface area contributed by atoms with Gasteiger partial charge in [0.15, 0.2) is 0 Å². The summed E-state index contributed by atoms with van der Waals surface area (Å²) in [5.41, 5.74) is 2.45. The summed E-state index contributed by atoms with van der Waals surface area (Å²) in [7, 11) is 1.69. The van der Waals surface area contributed by atoms with Gasteiger partial charge in [-0.05, 0) is 67.4 Å². The van der Waals surface area contributed by atoms with Gasteiger partial charge in [-0.15, -0.1) is 0 Å². The predicted octanol–water partition coefficient (Wildman–Crippen LogP) is 3.32. The number of para-hydroxylation sites is 1. The summed E-state index contributed by atoms with van der Waals surface area (Å²) < 4.78 is 13.1. The summed E-state index contributed by atoms with van der Waals surface area (Å²) >= 11 is 0. The molecule has 0 radical (unpaired) electrons. The molecule has 0 saturated heterocycles. The van der Waals surface area contributed by atoms with Gasteiger partial charge < -0.3 is 30.0 Å². The van der Waals surface area contributed by atoms with Crippen molar-refractivity contribution in [3.8, 4) is 17.2 Å². The van der Waals surface area contributed by atoms with Gasteiger partial charge in [-0.3, -0.25) is 4.57 Å². The molecule has 0 fully saturated rings. The third-order valence-electron chi connectivity index (χ3n) is 5.84. The minimum atomic E-state index is -0.976. The largest absolute Gasteiger partial charge is 0.489 e. The highest BCUT2D eigenvalue weighted by molar-refractivity contribution is 5.87. The first-order valence-corrected chi connectivity index (χ1v) is 11.6. The van der Waals surface area contributed by atoms with E-state index in [1.54, 1.807) is 25.2 Å². The molecule has 1 heterocycles. The van der Waals surface area contributed by atoms with Crippen molar-refractivity contribution in [2.45, 2.75) is 25.5 Å². The molecular formula is C27H29N3O6. The number of fused-ring (bicyclic) bond motifs is 1. The van der Waals surface area contributed by atoms with Crippen molar-refractivity contribution < 1.29 is 24.5 Å². The first kappa shape index (κ1) is 25.0. The van der Waals surface area contributed by atoms with E-state index in [1.807, 2.05) is 43.3 Å². The van der Waals surface area contributed by atoms with Crippen LogP contribution in [-0.4, -0.2) is 51.0 Å². The van der Waals surface area contributed by atoms with Crippen LogP contribution in [0.5, 0.6) is 17.2 Å². The standard InChI is InChI=1S/C27H29N3O6/c1-17(14-18-6-10-21(11-7-18)36-22-12-8-19(9-13-22)26(32)33)28-15-20(31)16-35-24-5-3-4-23-25(24)29-27(34)30(23)2/h3-13,17,20,28,31H,14-16H2,1-2H3,(H,29,34)(H,32,33)/t17?,20-/m0/s1. The molecule has 3 aromatic carbocycles. The highest BCUT2D eigenvalue weighted by atomic mass is 16.5. The first-order valence-electron chi connectivity index (χ1n) is 11.6. The number of nitrogens with one attached hydrogen (secondary N) is 2. The van der Waals surface area contributed by atoms with Crippen LogP contribution < -0.4 is 20.5 Å². The molecule has 4 aromatic rings. The van der Waals surface area contributed by atoms with Crippen molar-refractivity contribution in [1.29, 1.82) is 0 Å². The molecule has 1 unspecified atom stereocenters. The Kier molecular flexibility index (Phi) is 7.72. The number of carboxylic acid groups (broad SMARTS) is 1. The molecule has 2 atom stereocenters. The minimum Gasteiger partial charge on any atom is -0.489 e. The summed E-state index contributed by atoms with van der Waals surface area (Å²) in [5, 5.41) is 22.7. The van der Waals surface area contributed by atoms with E-state index in [-0.39, 0.29) is 23.9 Å². The third kappa shape index (κ3) is 6.12. The first-order chi connectivity index (χ1) is 17.3. The third-order valence-corrected chi connectivity index (χ3v) is 5.84. The van der Waals surface area contributed by atoms with Gasteiger partial charge in [0.1, 0.15) is 35.5 Å². The number of carbonyl (C=O) groups is 1. The molecule has 4 rings (SSSR count). The molecule has 0 amide bonds. The van der Waals surface area contributed by atoms with Gasteiger partial charge in [0, 0.05) is 19.6 Å². The van der Waals surface area contributed by atoms with E-state index in [4.69, 9.17) is 14.6 Å². The summed E-state index contributed by atoms with van der Waals surface area (Å²) in [5.74, 6) is 0.770. The molecule has 0 aliphatic rings. The topological polar surface area (TPSA) is 126 Å². The van der Waals surface area contributed by atoms with Crippen LogP contribution in [0, 0.1) is 0 Å². The lowest BCUT2D eigenvalue weighted by Gasteiger charge is -2.18. The SMILES string of the molecule is CC(Cc1ccc(Oc2ccc(C(=O)O)cc2)cc1)NC[C@H](O)COc1cccc2c1[nH]c(=O)n2C. The Balaban J connectivity index is 1.22. The average Bonchev–Trinajstić information content (AvgIpc) is 3.17. The second-order valence-electron chi connectivity index (χ2n) is 8.69. The maximum atomic E-state index is 11.9.